The fourth-order valence-electron chi connectivity index (χ4n) is 1.72. The number of nitrogens with one attached hydrogen (secondary N) is 1. The number of urea groups is 1. The van der Waals surface area contributed by atoms with Gasteiger partial charge in [-0.3, -0.25) is 4.98 Å². The first-order valence-electron chi connectivity index (χ1n) is 6.25. The van der Waals surface area contributed by atoms with Gasteiger partial charge in [0, 0.05) is 25.5 Å². The van der Waals surface area contributed by atoms with Gasteiger partial charge >= 0.3 is 6.03 Å². The predicted octanol–water partition coefficient (Wildman–Crippen LogP) is 1.56. The first kappa shape index (κ1) is 14.4. The smallest absolute Gasteiger partial charge is 0.317 e. The van der Waals surface area contributed by atoms with E-state index in [2.05, 4.69) is 10.3 Å². The lowest BCUT2D eigenvalue weighted by molar-refractivity contribution is 0.174. The van der Waals surface area contributed by atoms with Crippen LogP contribution in [0.1, 0.15) is 31.9 Å². The number of hydrogen-bond acceptors (Lipinski definition) is 3. The van der Waals surface area contributed by atoms with Crippen LogP contribution in [-0.4, -0.2) is 40.7 Å². The maximum absolute atomic E-state index is 12.0. The lowest BCUT2D eigenvalue weighted by atomic mass is 10.1. The molecular formula is C13H21N3O2. The van der Waals surface area contributed by atoms with Crippen molar-refractivity contribution in [1.29, 1.82) is 0 Å². The number of aliphatic hydroxyl groups excluding tert-OH is 1. The quantitative estimate of drug-likeness (QED) is 0.806. The second kappa shape index (κ2) is 7.66. The predicted molar refractivity (Wildman–Crippen MR) is 70.1 cm³/mol. The molecule has 100 valence electrons. The van der Waals surface area contributed by atoms with Gasteiger partial charge in [-0.05, 0) is 31.0 Å². The van der Waals surface area contributed by atoms with Crippen molar-refractivity contribution in [2.75, 3.05) is 19.7 Å². The van der Waals surface area contributed by atoms with Crippen molar-refractivity contribution in [3.63, 3.8) is 0 Å². The summed E-state index contributed by atoms with van der Waals surface area (Å²) in [7, 11) is 0. The number of pyridine rings is 1. The van der Waals surface area contributed by atoms with E-state index in [0.29, 0.717) is 13.1 Å². The highest BCUT2D eigenvalue weighted by Crippen LogP contribution is 2.10. The summed E-state index contributed by atoms with van der Waals surface area (Å²) < 4.78 is 0. The zero-order valence-corrected chi connectivity index (χ0v) is 11.0. The van der Waals surface area contributed by atoms with Crippen LogP contribution in [0.15, 0.2) is 24.5 Å². The summed E-state index contributed by atoms with van der Waals surface area (Å²) in [4.78, 5) is 17.6. The Kier molecular flexibility index (Phi) is 6.14. The molecule has 1 aromatic heterocycles. The minimum atomic E-state index is -0.143. The number of nitrogens with zero attached hydrogens (tertiary/aromatic N) is 2. The summed E-state index contributed by atoms with van der Waals surface area (Å²) in [5.74, 6) is 0. The highest BCUT2D eigenvalue weighted by molar-refractivity contribution is 5.74. The molecule has 0 fully saturated rings. The molecule has 0 radical (unpaired) electrons. The number of hydrogen-bond donors (Lipinski definition) is 2. The third kappa shape index (κ3) is 4.33. The summed E-state index contributed by atoms with van der Waals surface area (Å²) in [6, 6.07) is 3.54. The molecule has 1 rings (SSSR count). The number of amides is 2. The molecule has 0 spiro atoms. The van der Waals surface area contributed by atoms with Crippen LogP contribution in [0.2, 0.25) is 0 Å². The fourth-order valence-corrected chi connectivity index (χ4v) is 1.72. The lowest BCUT2D eigenvalue weighted by Gasteiger charge is -2.24. The maximum Gasteiger partial charge on any atom is 0.317 e. The Balaban J connectivity index is 2.57. The third-order valence-electron chi connectivity index (χ3n) is 2.70. The second-order valence-corrected chi connectivity index (χ2v) is 4.16. The van der Waals surface area contributed by atoms with Gasteiger partial charge in [0.15, 0.2) is 0 Å². The van der Waals surface area contributed by atoms with E-state index in [-0.39, 0.29) is 18.7 Å². The zero-order chi connectivity index (χ0) is 13.4. The van der Waals surface area contributed by atoms with E-state index < -0.39 is 0 Å². The van der Waals surface area contributed by atoms with E-state index in [9.17, 15) is 4.79 Å². The lowest BCUT2D eigenvalue weighted by Crippen LogP contribution is -2.42. The number of aromatic nitrogens is 1. The Labute approximate surface area is 108 Å². The van der Waals surface area contributed by atoms with E-state index in [1.54, 1.807) is 17.3 Å². The Hall–Kier alpha value is -1.62. The molecule has 0 aliphatic heterocycles. The van der Waals surface area contributed by atoms with Crippen LogP contribution in [0.3, 0.4) is 0 Å². The van der Waals surface area contributed by atoms with Crippen LogP contribution in [-0.2, 0) is 0 Å². The van der Waals surface area contributed by atoms with Gasteiger partial charge in [0.05, 0.1) is 12.6 Å². The Morgan fingerprint density at radius 1 is 1.44 bits per heavy atom. The molecule has 5 heteroatoms. The monoisotopic (exact) mass is 251 g/mol. The SMILES string of the molecule is CCCN(CCO)C(=O)NC(C)c1ccncc1. The highest BCUT2D eigenvalue weighted by Gasteiger charge is 2.15. The molecule has 0 aromatic carbocycles. The van der Waals surface area contributed by atoms with Gasteiger partial charge < -0.3 is 15.3 Å². The van der Waals surface area contributed by atoms with E-state index in [1.807, 2.05) is 26.0 Å². The molecule has 5 nitrogen and oxygen atoms in total. The number of carbonyl (C=O) groups excluding carboxylic acids is 1. The van der Waals surface area contributed by atoms with Gasteiger partial charge in [-0.25, -0.2) is 4.79 Å². The van der Waals surface area contributed by atoms with Gasteiger partial charge in [-0.15, -0.1) is 0 Å². The topological polar surface area (TPSA) is 65.5 Å². The van der Waals surface area contributed by atoms with Crippen LogP contribution in [0.5, 0.6) is 0 Å². The Morgan fingerprint density at radius 2 is 2.11 bits per heavy atom. The van der Waals surface area contributed by atoms with E-state index in [0.717, 1.165) is 12.0 Å². The van der Waals surface area contributed by atoms with Gasteiger partial charge in [-0.2, -0.15) is 0 Å². The summed E-state index contributed by atoms with van der Waals surface area (Å²) in [6.07, 6.45) is 4.28. The van der Waals surface area contributed by atoms with Gasteiger partial charge in [0.2, 0.25) is 0 Å². The molecule has 1 aromatic rings. The van der Waals surface area contributed by atoms with Crippen molar-refractivity contribution < 1.29 is 9.90 Å². The van der Waals surface area contributed by atoms with Gasteiger partial charge in [0.25, 0.3) is 0 Å². The largest absolute Gasteiger partial charge is 0.395 e. The van der Waals surface area contributed by atoms with Crippen molar-refractivity contribution in [2.45, 2.75) is 26.3 Å². The minimum Gasteiger partial charge on any atom is -0.395 e. The van der Waals surface area contributed by atoms with Crippen molar-refractivity contribution >= 4 is 6.03 Å². The number of rotatable bonds is 6. The average Bonchev–Trinajstić information content (AvgIpc) is 2.39. The zero-order valence-electron chi connectivity index (χ0n) is 11.0. The first-order chi connectivity index (χ1) is 8.69. The standard InChI is InChI=1S/C13H21N3O2/c1-3-8-16(9-10-17)13(18)15-11(2)12-4-6-14-7-5-12/h4-7,11,17H,3,8-10H2,1-2H3,(H,15,18). The van der Waals surface area contributed by atoms with Crippen LogP contribution in [0.25, 0.3) is 0 Å². The van der Waals surface area contributed by atoms with Crippen molar-refractivity contribution in [3.05, 3.63) is 30.1 Å². The molecule has 0 aliphatic rings. The average molecular weight is 251 g/mol. The molecular weight excluding hydrogens is 230 g/mol. The molecule has 1 unspecified atom stereocenters. The van der Waals surface area contributed by atoms with Crippen molar-refractivity contribution in [2.24, 2.45) is 0 Å². The molecule has 2 N–H and O–H groups in total. The molecule has 0 aliphatic carbocycles. The summed E-state index contributed by atoms with van der Waals surface area (Å²) in [5.41, 5.74) is 1.01. The van der Waals surface area contributed by atoms with Crippen LogP contribution >= 0.6 is 0 Å². The van der Waals surface area contributed by atoms with Crippen LogP contribution < -0.4 is 5.32 Å². The van der Waals surface area contributed by atoms with Crippen molar-refractivity contribution in [3.8, 4) is 0 Å². The van der Waals surface area contributed by atoms with Crippen LogP contribution in [0, 0.1) is 0 Å². The van der Waals surface area contributed by atoms with Crippen molar-refractivity contribution in [1.82, 2.24) is 15.2 Å². The van der Waals surface area contributed by atoms with Crippen LogP contribution in [0.4, 0.5) is 4.79 Å². The summed E-state index contributed by atoms with van der Waals surface area (Å²) >= 11 is 0. The molecule has 1 heterocycles. The summed E-state index contributed by atoms with van der Waals surface area (Å²) in [6.45, 7) is 4.93. The Bertz CT molecular complexity index is 351. The number of aliphatic hydroxyl groups is 1. The van der Waals surface area contributed by atoms with E-state index in [1.165, 1.54) is 0 Å². The molecule has 18 heavy (non-hydrogen) atoms. The molecule has 1 atom stereocenters. The maximum atomic E-state index is 12.0. The molecule has 0 bridgehead atoms. The second-order valence-electron chi connectivity index (χ2n) is 4.16. The number of carbonyl (C=O) groups is 1. The minimum absolute atomic E-state index is 0.0168. The normalized spacial score (nSPS) is 11.9. The Morgan fingerprint density at radius 3 is 2.67 bits per heavy atom. The third-order valence-corrected chi connectivity index (χ3v) is 2.70. The van der Waals surface area contributed by atoms with Gasteiger partial charge in [-0.1, -0.05) is 6.92 Å². The van der Waals surface area contributed by atoms with E-state index in [4.69, 9.17) is 5.11 Å². The summed E-state index contributed by atoms with van der Waals surface area (Å²) in [5, 5.41) is 11.8. The first-order valence-corrected chi connectivity index (χ1v) is 6.25. The van der Waals surface area contributed by atoms with E-state index >= 15 is 0 Å². The molecule has 0 saturated carbocycles. The molecule has 0 saturated heterocycles. The molecule has 2 amide bonds. The highest BCUT2D eigenvalue weighted by atomic mass is 16.3. The van der Waals surface area contributed by atoms with Gasteiger partial charge in [0.1, 0.15) is 0 Å². The fraction of sp³-hybridized carbons (Fsp3) is 0.538.